The van der Waals surface area contributed by atoms with Gasteiger partial charge >= 0.3 is 0 Å². The Labute approximate surface area is 116 Å². The fourth-order valence-corrected chi connectivity index (χ4v) is 2.23. The van der Waals surface area contributed by atoms with Crippen LogP contribution in [0.5, 0.6) is 0 Å². The van der Waals surface area contributed by atoms with Gasteiger partial charge in [-0.05, 0) is 30.7 Å². The molecule has 2 N–H and O–H groups in total. The minimum atomic E-state index is 0.704. The van der Waals surface area contributed by atoms with Gasteiger partial charge in [-0.25, -0.2) is 4.98 Å². The van der Waals surface area contributed by atoms with Crippen LogP contribution in [0.3, 0.4) is 0 Å². The summed E-state index contributed by atoms with van der Waals surface area (Å²) in [5.74, 6) is 0.825. The SMILES string of the molecule is Cc1ccc(N)c(N(C)Cc2ccccc2Br)n1. The zero-order chi connectivity index (χ0) is 13.1. The molecule has 0 amide bonds. The second-order valence-corrected chi connectivity index (χ2v) is 5.17. The van der Waals surface area contributed by atoms with E-state index in [1.54, 1.807) is 0 Å². The molecule has 0 fully saturated rings. The summed E-state index contributed by atoms with van der Waals surface area (Å²) in [6, 6.07) is 12.0. The number of hydrogen-bond donors (Lipinski definition) is 1. The number of rotatable bonds is 3. The number of benzene rings is 1. The van der Waals surface area contributed by atoms with Gasteiger partial charge in [0.05, 0.1) is 5.69 Å². The van der Waals surface area contributed by atoms with Gasteiger partial charge in [0.1, 0.15) is 0 Å². The number of nitrogen functional groups attached to an aromatic ring is 1. The van der Waals surface area contributed by atoms with Crippen molar-refractivity contribution in [1.29, 1.82) is 0 Å². The second kappa shape index (κ2) is 5.40. The van der Waals surface area contributed by atoms with Crippen molar-refractivity contribution >= 4 is 27.4 Å². The molecule has 0 aliphatic heterocycles. The lowest BCUT2D eigenvalue weighted by Crippen LogP contribution is -2.19. The number of aryl methyl sites for hydroxylation is 1. The lowest BCUT2D eigenvalue weighted by atomic mass is 10.2. The summed E-state index contributed by atoms with van der Waals surface area (Å²) in [6.07, 6.45) is 0. The standard InChI is InChI=1S/C14H16BrN3/c1-10-7-8-13(16)14(17-10)18(2)9-11-5-3-4-6-12(11)15/h3-8H,9,16H2,1-2H3. The van der Waals surface area contributed by atoms with E-state index in [0.29, 0.717) is 5.69 Å². The number of halogens is 1. The van der Waals surface area contributed by atoms with Crippen LogP contribution < -0.4 is 10.6 Å². The van der Waals surface area contributed by atoms with Gasteiger partial charge in [0.25, 0.3) is 0 Å². The molecule has 0 saturated heterocycles. The maximum atomic E-state index is 5.97. The second-order valence-electron chi connectivity index (χ2n) is 4.31. The van der Waals surface area contributed by atoms with Gasteiger partial charge in [-0.3, -0.25) is 0 Å². The smallest absolute Gasteiger partial charge is 0.152 e. The molecule has 1 heterocycles. The van der Waals surface area contributed by atoms with Crippen molar-refractivity contribution in [1.82, 2.24) is 4.98 Å². The fraction of sp³-hybridized carbons (Fsp3) is 0.214. The van der Waals surface area contributed by atoms with E-state index in [0.717, 1.165) is 22.5 Å². The highest BCUT2D eigenvalue weighted by molar-refractivity contribution is 9.10. The molecule has 0 spiro atoms. The van der Waals surface area contributed by atoms with Crippen molar-refractivity contribution in [3.63, 3.8) is 0 Å². The average Bonchev–Trinajstić information content (AvgIpc) is 2.35. The third-order valence-corrected chi connectivity index (χ3v) is 3.55. The molecule has 1 aromatic heterocycles. The van der Waals surface area contributed by atoms with Crippen LogP contribution >= 0.6 is 15.9 Å². The van der Waals surface area contributed by atoms with Crippen molar-refractivity contribution < 1.29 is 0 Å². The zero-order valence-electron chi connectivity index (χ0n) is 10.5. The molecule has 0 saturated carbocycles. The van der Waals surface area contributed by atoms with Crippen LogP contribution in [-0.4, -0.2) is 12.0 Å². The molecule has 94 valence electrons. The Balaban J connectivity index is 2.25. The molecule has 0 unspecified atom stereocenters. The Kier molecular flexibility index (Phi) is 3.87. The highest BCUT2D eigenvalue weighted by Gasteiger charge is 2.09. The molecule has 0 radical (unpaired) electrons. The van der Waals surface area contributed by atoms with Gasteiger partial charge < -0.3 is 10.6 Å². The van der Waals surface area contributed by atoms with E-state index in [9.17, 15) is 0 Å². The summed E-state index contributed by atoms with van der Waals surface area (Å²) in [4.78, 5) is 6.54. The Morgan fingerprint density at radius 2 is 1.94 bits per heavy atom. The summed E-state index contributed by atoms with van der Waals surface area (Å²) in [7, 11) is 2.00. The van der Waals surface area contributed by atoms with Crippen LogP contribution in [0.15, 0.2) is 40.9 Å². The van der Waals surface area contributed by atoms with Gasteiger partial charge in [-0.2, -0.15) is 0 Å². The zero-order valence-corrected chi connectivity index (χ0v) is 12.1. The number of anilines is 2. The average molecular weight is 306 g/mol. The lowest BCUT2D eigenvalue weighted by Gasteiger charge is -2.21. The van der Waals surface area contributed by atoms with Gasteiger partial charge in [0, 0.05) is 23.8 Å². The number of aromatic nitrogens is 1. The molecule has 2 rings (SSSR count). The van der Waals surface area contributed by atoms with Gasteiger partial charge in [0.2, 0.25) is 0 Å². The summed E-state index contributed by atoms with van der Waals surface area (Å²) in [5.41, 5.74) is 8.85. The van der Waals surface area contributed by atoms with E-state index < -0.39 is 0 Å². The van der Waals surface area contributed by atoms with Crippen molar-refractivity contribution in [3.05, 3.63) is 52.1 Å². The predicted molar refractivity (Wildman–Crippen MR) is 79.6 cm³/mol. The lowest BCUT2D eigenvalue weighted by molar-refractivity contribution is 0.891. The number of pyridine rings is 1. The Bertz CT molecular complexity index is 554. The third kappa shape index (κ3) is 2.82. The van der Waals surface area contributed by atoms with Gasteiger partial charge in [-0.15, -0.1) is 0 Å². The minimum absolute atomic E-state index is 0.704. The first-order valence-electron chi connectivity index (χ1n) is 5.75. The topological polar surface area (TPSA) is 42.1 Å². The summed E-state index contributed by atoms with van der Waals surface area (Å²) in [5, 5.41) is 0. The van der Waals surface area contributed by atoms with Crippen LogP contribution in [0.4, 0.5) is 11.5 Å². The molecular weight excluding hydrogens is 290 g/mol. The summed E-state index contributed by atoms with van der Waals surface area (Å²) < 4.78 is 1.10. The Morgan fingerprint density at radius 3 is 2.67 bits per heavy atom. The van der Waals surface area contributed by atoms with E-state index in [1.165, 1.54) is 5.56 Å². The van der Waals surface area contributed by atoms with Crippen molar-refractivity contribution in [2.75, 3.05) is 17.7 Å². The van der Waals surface area contributed by atoms with E-state index >= 15 is 0 Å². The normalized spacial score (nSPS) is 10.4. The van der Waals surface area contributed by atoms with E-state index in [1.807, 2.05) is 44.3 Å². The molecule has 0 aliphatic carbocycles. The van der Waals surface area contributed by atoms with Crippen LogP contribution in [-0.2, 0) is 6.54 Å². The first kappa shape index (κ1) is 12.9. The predicted octanol–water partition coefficient (Wildman–Crippen LogP) is 3.37. The van der Waals surface area contributed by atoms with Crippen LogP contribution in [0.25, 0.3) is 0 Å². The molecule has 0 aliphatic rings. The van der Waals surface area contributed by atoms with Crippen LogP contribution in [0.2, 0.25) is 0 Å². The molecule has 1 aromatic carbocycles. The quantitative estimate of drug-likeness (QED) is 0.945. The highest BCUT2D eigenvalue weighted by atomic mass is 79.9. The highest BCUT2D eigenvalue weighted by Crippen LogP contribution is 2.23. The first-order valence-corrected chi connectivity index (χ1v) is 6.55. The van der Waals surface area contributed by atoms with Crippen LogP contribution in [0.1, 0.15) is 11.3 Å². The molecule has 0 atom stereocenters. The van der Waals surface area contributed by atoms with Gasteiger partial charge in [-0.1, -0.05) is 34.1 Å². The summed E-state index contributed by atoms with van der Waals surface area (Å²) in [6.45, 7) is 2.73. The van der Waals surface area contributed by atoms with E-state index in [-0.39, 0.29) is 0 Å². The maximum absolute atomic E-state index is 5.97. The Hall–Kier alpha value is -1.55. The number of nitrogens with zero attached hydrogens (tertiary/aromatic N) is 2. The largest absolute Gasteiger partial charge is 0.396 e. The van der Waals surface area contributed by atoms with Gasteiger partial charge in [0.15, 0.2) is 5.82 Å². The van der Waals surface area contributed by atoms with Crippen molar-refractivity contribution in [3.8, 4) is 0 Å². The minimum Gasteiger partial charge on any atom is -0.396 e. The summed E-state index contributed by atoms with van der Waals surface area (Å²) >= 11 is 3.55. The first-order chi connectivity index (χ1) is 8.58. The number of nitrogens with two attached hydrogens (primary N) is 1. The molecule has 3 nitrogen and oxygen atoms in total. The molecule has 18 heavy (non-hydrogen) atoms. The van der Waals surface area contributed by atoms with E-state index in [2.05, 4.69) is 31.9 Å². The van der Waals surface area contributed by atoms with Crippen molar-refractivity contribution in [2.24, 2.45) is 0 Å². The monoisotopic (exact) mass is 305 g/mol. The maximum Gasteiger partial charge on any atom is 0.152 e. The Morgan fingerprint density at radius 1 is 1.22 bits per heavy atom. The van der Waals surface area contributed by atoms with Crippen LogP contribution in [0, 0.1) is 6.92 Å². The number of hydrogen-bond acceptors (Lipinski definition) is 3. The van der Waals surface area contributed by atoms with Crippen molar-refractivity contribution in [2.45, 2.75) is 13.5 Å². The molecule has 4 heteroatoms. The molecule has 2 aromatic rings. The fourth-order valence-electron chi connectivity index (χ4n) is 1.82. The third-order valence-electron chi connectivity index (χ3n) is 2.77. The molecule has 0 bridgehead atoms. The molecular formula is C14H16BrN3. The van der Waals surface area contributed by atoms with E-state index in [4.69, 9.17) is 5.73 Å².